The number of carbonyl (C=O) groups is 1. The van der Waals surface area contributed by atoms with Gasteiger partial charge in [0.25, 0.3) is 5.91 Å². The molecule has 5 rings (SSSR count). The van der Waals surface area contributed by atoms with Gasteiger partial charge in [0.1, 0.15) is 0 Å². The van der Waals surface area contributed by atoms with E-state index in [-0.39, 0.29) is 16.6 Å². The highest BCUT2D eigenvalue weighted by atomic mass is 32.2. The molecule has 2 aliphatic heterocycles. The Labute approximate surface area is 223 Å². The summed E-state index contributed by atoms with van der Waals surface area (Å²) in [4.78, 5) is 19.0. The molecule has 2 aliphatic rings. The fourth-order valence-corrected chi connectivity index (χ4v) is 7.31. The van der Waals surface area contributed by atoms with Crippen molar-refractivity contribution in [3.8, 4) is 0 Å². The van der Waals surface area contributed by atoms with E-state index in [1.54, 1.807) is 18.2 Å². The standard InChI is InChI=1S/C29H31N3O3S2/c1-20-5-4-6-21(2)25(20)19-37(34,35)24-11-12-26-27(18-24)36-28(29(33)30-26)17-22-7-9-23(10-8-22)32-15-13-31(3)14-16-32/h4-12,17-18H,13-16,19H2,1-3H3,(H,30,33)/b28-17+. The lowest BCUT2D eigenvalue weighted by molar-refractivity contribution is -0.112. The molecule has 0 aromatic heterocycles. The number of rotatable bonds is 5. The number of nitrogens with one attached hydrogen (secondary N) is 1. The van der Waals surface area contributed by atoms with Gasteiger partial charge in [-0.15, -0.1) is 0 Å². The van der Waals surface area contributed by atoms with Gasteiger partial charge in [-0.05, 0) is 79.6 Å². The number of hydrogen-bond donors (Lipinski definition) is 1. The van der Waals surface area contributed by atoms with Gasteiger partial charge in [0.15, 0.2) is 9.84 Å². The first-order valence-electron chi connectivity index (χ1n) is 12.4. The molecule has 2 heterocycles. The van der Waals surface area contributed by atoms with E-state index in [9.17, 15) is 13.2 Å². The maximum absolute atomic E-state index is 13.3. The minimum Gasteiger partial charge on any atom is -0.369 e. The second-order valence-corrected chi connectivity index (χ2v) is 12.8. The van der Waals surface area contributed by atoms with Gasteiger partial charge in [0.2, 0.25) is 0 Å². The lowest BCUT2D eigenvalue weighted by atomic mass is 10.1. The van der Waals surface area contributed by atoms with Crippen LogP contribution in [-0.2, 0) is 20.4 Å². The molecule has 0 atom stereocenters. The van der Waals surface area contributed by atoms with Crippen molar-refractivity contribution in [1.29, 1.82) is 0 Å². The predicted molar refractivity (Wildman–Crippen MR) is 152 cm³/mol. The highest BCUT2D eigenvalue weighted by Gasteiger charge is 2.25. The summed E-state index contributed by atoms with van der Waals surface area (Å²) in [6.45, 7) is 7.96. The van der Waals surface area contributed by atoms with Gasteiger partial charge in [-0.3, -0.25) is 4.79 Å². The highest BCUT2D eigenvalue weighted by Crippen LogP contribution is 2.40. The van der Waals surface area contributed by atoms with Crippen LogP contribution in [0.4, 0.5) is 11.4 Å². The van der Waals surface area contributed by atoms with Crippen LogP contribution in [0.3, 0.4) is 0 Å². The molecule has 3 aromatic rings. The Bertz CT molecular complexity index is 1450. The second kappa shape index (κ2) is 10.4. The number of aryl methyl sites for hydroxylation is 2. The number of benzene rings is 3. The molecule has 0 radical (unpaired) electrons. The fraction of sp³-hybridized carbons (Fsp3) is 0.276. The lowest BCUT2D eigenvalue weighted by Crippen LogP contribution is -2.44. The number of hydrogen-bond acceptors (Lipinski definition) is 6. The SMILES string of the molecule is Cc1cccc(C)c1CS(=O)(=O)c1ccc2c(c1)S/C(=C/c1ccc(N3CCN(C)CC3)cc1)C(=O)N2. The number of amides is 1. The minimum atomic E-state index is -3.55. The highest BCUT2D eigenvalue weighted by molar-refractivity contribution is 8.04. The van der Waals surface area contributed by atoms with Crippen molar-refractivity contribution < 1.29 is 13.2 Å². The molecule has 1 fully saturated rings. The number of sulfone groups is 1. The van der Waals surface area contributed by atoms with E-state index in [2.05, 4.69) is 34.3 Å². The summed E-state index contributed by atoms with van der Waals surface area (Å²) in [7, 11) is -1.41. The van der Waals surface area contributed by atoms with Crippen molar-refractivity contribution in [2.45, 2.75) is 29.4 Å². The molecule has 6 nitrogen and oxygen atoms in total. The molecule has 0 aliphatic carbocycles. The van der Waals surface area contributed by atoms with Crippen LogP contribution in [0.2, 0.25) is 0 Å². The van der Waals surface area contributed by atoms with Crippen molar-refractivity contribution in [2.24, 2.45) is 0 Å². The third-order valence-electron chi connectivity index (χ3n) is 7.04. The van der Waals surface area contributed by atoms with E-state index in [0.29, 0.717) is 10.6 Å². The molecule has 8 heteroatoms. The first-order valence-corrected chi connectivity index (χ1v) is 14.8. The predicted octanol–water partition coefficient (Wildman–Crippen LogP) is 5.11. The molecule has 1 saturated heterocycles. The van der Waals surface area contributed by atoms with Gasteiger partial charge < -0.3 is 15.1 Å². The molecule has 0 spiro atoms. The van der Waals surface area contributed by atoms with E-state index in [1.807, 2.05) is 50.3 Å². The molecular formula is C29H31N3O3S2. The molecule has 1 N–H and O–H groups in total. The number of carbonyl (C=O) groups excluding carboxylic acids is 1. The van der Waals surface area contributed by atoms with Crippen molar-refractivity contribution in [3.05, 3.63) is 87.8 Å². The number of thioether (sulfide) groups is 1. The maximum Gasteiger partial charge on any atom is 0.262 e. The normalized spacial score (nSPS) is 17.5. The van der Waals surface area contributed by atoms with E-state index in [4.69, 9.17) is 0 Å². The van der Waals surface area contributed by atoms with Crippen molar-refractivity contribution >= 4 is 45.0 Å². The Hall–Kier alpha value is -3.07. The third-order valence-corrected chi connectivity index (χ3v) is 9.76. The van der Waals surface area contributed by atoms with E-state index in [1.165, 1.54) is 17.4 Å². The first kappa shape index (κ1) is 25.6. The molecule has 0 saturated carbocycles. The summed E-state index contributed by atoms with van der Waals surface area (Å²) in [6, 6.07) is 19.0. The first-order chi connectivity index (χ1) is 17.7. The summed E-state index contributed by atoms with van der Waals surface area (Å²) in [6.07, 6.45) is 1.86. The van der Waals surface area contributed by atoms with Gasteiger partial charge in [-0.2, -0.15) is 0 Å². The summed E-state index contributed by atoms with van der Waals surface area (Å²) in [5.74, 6) is -0.240. The topological polar surface area (TPSA) is 69.7 Å². The van der Waals surface area contributed by atoms with Gasteiger partial charge >= 0.3 is 0 Å². The average Bonchev–Trinajstić information content (AvgIpc) is 2.87. The Balaban J connectivity index is 1.36. The molecule has 37 heavy (non-hydrogen) atoms. The van der Waals surface area contributed by atoms with Crippen LogP contribution >= 0.6 is 11.8 Å². The number of piperazine rings is 1. The van der Waals surface area contributed by atoms with E-state index >= 15 is 0 Å². The molecule has 3 aromatic carbocycles. The maximum atomic E-state index is 13.3. The monoisotopic (exact) mass is 533 g/mol. The quantitative estimate of drug-likeness (QED) is 0.460. The average molecular weight is 534 g/mol. The molecule has 0 unspecified atom stereocenters. The summed E-state index contributed by atoms with van der Waals surface area (Å²) in [5.41, 5.74) is 5.50. The fourth-order valence-electron chi connectivity index (χ4n) is 4.67. The lowest BCUT2D eigenvalue weighted by Gasteiger charge is -2.34. The number of anilines is 2. The smallest absolute Gasteiger partial charge is 0.262 e. The molecular weight excluding hydrogens is 502 g/mol. The Kier molecular flexibility index (Phi) is 7.16. The Morgan fingerprint density at radius 3 is 2.30 bits per heavy atom. The zero-order chi connectivity index (χ0) is 26.2. The van der Waals surface area contributed by atoms with Crippen LogP contribution in [0.5, 0.6) is 0 Å². The van der Waals surface area contributed by atoms with E-state index in [0.717, 1.165) is 53.3 Å². The largest absolute Gasteiger partial charge is 0.369 e. The molecule has 1 amide bonds. The van der Waals surface area contributed by atoms with Gasteiger partial charge in [0.05, 0.1) is 21.2 Å². The van der Waals surface area contributed by atoms with E-state index < -0.39 is 9.84 Å². The van der Waals surface area contributed by atoms with Crippen molar-refractivity contribution in [3.63, 3.8) is 0 Å². The zero-order valence-corrected chi connectivity index (χ0v) is 23.0. The van der Waals surface area contributed by atoms with Crippen LogP contribution in [0.1, 0.15) is 22.3 Å². The Morgan fingerprint density at radius 2 is 1.62 bits per heavy atom. The van der Waals surface area contributed by atoms with Crippen LogP contribution in [-0.4, -0.2) is 52.5 Å². The minimum absolute atomic E-state index is 0.0519. The number of fused-ring (bicyclic) bond motifs is 1. The molecule has 0 bridgehead atoms. The number of nitrogens with zero attached hydrogens (tertiary/aromatic N) is 2. The number of likely N-dealkylation sites (N-methyl/N-ethyl adjacent to an activating group) is 1. The summed E-state index contributed by atoms with van der Waals surface area (Å²) < 4.78 is 26.6. The van der Waals surface area contributed by atoms with Crippen molar-refractivity contribution in [2.75, 3.05) is 43.4 Å². The van der Waals surface area contributed by atoms with Crippen LogP contribution in [0.25, 0.3) is 6.08 Å². The van der Waals surface area contributed by atoms with Crippen LogP contribution in [0.15, 0.2) is 75.4 Å². The molecule has 192 valence electrons. The zero-order valence-electron chi connectivity index (χ0n) is 21.3. The Morgan fingerprint density at radius 1 is 0.946 bits per heavy atom. The van der Waals surface area contributed by atoms with Crippen LogP contribution < -0.4 is 10.2 Å². The summed E-state index contributed by atoms with van der Waals surface area (Å²) >= 11 is 1.30. The third kappa shape index (κ3) is 5.61. The second-order valence-electron chi connectivity index (χ2n) is 9.73. The van der Waals surface area contributed by atoms with Crippen molar-refractivity contribution in [1.82, 2.24) is 4.90 Å². The van der Waals surface area contributed by atoms with Crippen LogP contribution in [0, 0.1) is 13.8 Å². The summed E-state index contributed by atoms with van der Waals surface area (Å²) in [5, 5.41) is 2.91. The van der Waals surface area contributed by atoms with Gasteiger partial charge in [-0.1, -0.05) is 42.1 Å². The van der Waals surface area contributed by atoms with Gasteiger partial charge in [0, 0.05) is 36.8 Å². The van der Waals surface area contributed by atoms with Gasteiger partial charge in [-0.25, -0.2) is 8.42 Å².